The number of benzene rings is 1. The molecule has 1 atom stereocenters. The Hall–Kier alpha value is -1.87. The van der Waals surface area contributed by atoms with Crippen LogP contribution in [0.15, 0.2) is 42.6 Å². The zero-order chi connectivity index (χ0) is 15.2. The van der Waals surface area contributed by atoms with E-state index in [2.05, 4.69) is 79.4 Å². The number of aromatic nitrogens is 1. The van der Waals surface area contributed by atoms with Crippen molar-refractivity contribution in [3.8, 4) is 0 Å². The molecule has 0 aliphatic carbocycles. The van der Waals surface area contributed by atoms with Crippen LogP contribution < -0.4 is 10.2 Å². The molecule has 3 nitrogen and oxygen atoms in total. The smallest absolute Gasteiger partial charge is 0.0594 e. The van der Waals surface area contributed by atoms with Gasteiger partial charge in [0.15, 0.2) is 0 Å². The van der Waals surface area contributed by atoms with Gasteiger partial charge in [0, 0.05) is 18.8 Å². The first-order valence-corrected chi connectivity index (χ1v) is 7.61. The van der Waals surface area contributed by atoms with Gasteiger partial charge in [0.25, 0.3) is 0 Å². The Morgan fingerprint density at radius 3 is 2.62 bits per heavy atom. The van der Waals surface area contributed by atoms with Crippen LogP contribution in [0, 0.1) is 6.92 Å². The molecule has 0 aliphatic rings. The summed E-state index contributed by atoms with van der Waals surface area (Å²) in [5, 5.41) is 3.46. The topological polar surface area (TPSA) is 28.2 Å². The van der Waals surface area contributed by atoms with Crippen LogP contribution >= 0.6 is 0 Å². The van der Waals surface area contributed by atoms with Gasteiger partial charge in [0.2, 0.25) is 0 Å². The lowest BCUT2D eigenvalue weighted by Crippen LogP contribution is -2.20. The van der Waals surface area contributed by atoms with E-state index >= 15 is 0 Å². The zero-order valence-electron chi connectivity index (χ0n) is 13.4. The first-order chi connectivity index (χ1) is 10.1. The molecule has 0 saturated heterocycles. The minimum atomic E-state index is 0.295. The minimum absolute atomic E-state index is 0.295. The van der Waals surface area contributed by atoms with E-state index in [0.717, 1.165) is 24.3 Å². The van der Waals surface area contributed by atoms with Crippen molar-refractivity contribution in [2.24, 2.45) is 0 Å². The van der Waals surface area contributed by atoms with Crippen LogP contribution in [0.2, 0.25) is 0 Å². The van der Waals surface area contributed by atoms with Gasteiger partial charge in [-0.1, -0.05) is 19.1 Å². The molecule has 2 rings (SSSR count). The number of anilines is 2. The van der Waals surface area contributed by atoms with E-state index in [1.165, 1.54) is 11.3 Å². The maximum atomic E-state index is 4.60. The van der Waals surface area contributed by atoms with E-state index in [1.54, 1.807) is 0 Å². The Balaban J connectivity index is 2.11. The summed E-state index contributed by atoms with van der Waals surface area (Å²) in [6.07, 6.45) is 3.08. The summed E-state index contributed by atoms with van der Waals surface area (Å²) in [6.45, 7) is 7.46. The lowest BCUT2D eigenvalue weighted by molar-refractivity contribution is 0.558. The molecule has 3 heteroatoms. The number of aryl methyl sites for hydroxylation is 1. The van der Waals surface area contributed by atoms with Crippen LogP contribution in [0.25, 0.3) is 0 Å². The largest absolute Gasteiger partial charge is 0.343 e. The van der Waals surface area contributed by atoms with Crippen LogP contribution in [0.4, 0.5) is 11.4 Å². The maximum Gasteiger partial charge on any atom is 0.0594 e. The van der Waals surface area contributed by atoms with E-state index in [4.69, 9.17) is 0 Å². The van der Waals surface area contributed by atoms with E-state index in [1.807, 2.05) is 6.20 Å². The fourth-order valence-corrected chi connectivity index (χ4v) is 2.30. The van der Waals surface area contributed by atoms with Gasteiger partial charge in [0.05, 0.1) is 17.6 Å². The third kappa shape index (κ3) is 4.05. The van der Waals surface area contributed by atoms with Crippen molar-refractivity contribution in [2.75, 3.05) is 18.5 Å². The van der Waals surface area contributed by atoms with Gasteiger partial charge < -0.3 is 10.2 Å². The summed E-state index contributed by atoms with van der Waals surface area (Å²) < 4.78 is 0. The quantitative estimate of drug-likeness (QED) is 0.860. The second kappa shape index (κ2) is 7.23. The number of hydrogen-bond donors (Lipinski definition) is 1. The molecule has 1 heterocycles. The molecule has 0 radical (unpaired) electrons. The minimum Gasteiger partial charge on any atom is -0.343 e. The third-order valence-electron chi connectivity index (χ3n) is 3.69. The number of hydrogen-bond acceptors (Lipinski definition) is 3. The number of rotatable bonds is 6. The summed E-state index contributed by atoms with van der Waals surface area (Å²) in [5.74, 6) is 0. The zero-order valence-corrected chi connectivity index (χ0v) is 13.4. The molecular formula is C18H25N3. The summed E-state index contributed by atoms with van der Waals surface area (Å²) in [7, 11) is 2.07. The lowest BCUT2D eigenvalue weighted by atomic mass is 10.2. The summed E-state index contributed by atoms with van der Waals surface area (Å²) in [4.78, 5) is 6.76. The predicted molar refractivity (Wildman–Crippen MR) is 90.2 cm³/mol. The molecule has 0 bridgehead atoms. The summed E-state index contributed by atoms with van der Waals surface area (Å²) >= 11 is 0. The molecule has 21 heavy (non-hydrogen) atoms. The van der Waals surface area contributed by atoms with Crippen LogP contribution in [0.1, 0.15) is 37.6 Å². The van der Waals surface area contributed by atoms with Gasteiger partial charge in [-0.05, 0) is 56.6 Å². The number of nitrogens with one attached hydrogen (secondary N) is 1. The van der Waals surface area contributed by atoms with Crippen LogP contribution in [-0.4, -0.2) is 18.6 Å². The highest BCUT2D eigenvalue weighted by molar-refractivity contribution is 5.62. The van der Waals surface area contributed by atoms with Crippen molar-refractivity contribution < 1.29 is 0 Å². The Morgan fingerprint density at radius 2 is 2.00 bits per heavy atom. The van der Waals surface area contributed by atoms with Gasteiger partial charge in [-0.15, -0.1) is 0 Å². The van der Waals surface area contributed by atoms with E-state index in [0.29, 0.717) is 6.04 Å². The van der Waals surface area contributed by atoms with E-state index in [9.17, 15) is 0 Å². The third-order valence-corrected chi connectivity index (χ3v) is 3.69. The molecule has 2 aromatic rings. The van der Waals surface area contributed by atoms with Crippen molar-refractivity contribution >= 4 is 11.4 Å². The highest BCUT2D eigenvalue weighted by Gasteiger charge is 2.08. The fraction of sp³-hybridized carbons (Fsp3) is 0.389. The van der Waals surface area contributed by atoms with Crippen LogP contribution in [0.5, 0.6) is 0 Å². The second-order valence-electron chi connectivity index (χ2n) is 5.52. The second-order valence-corrected chi connectivity index (χ2v) is 5.52. The van der Waals surface area contributed by atoms with Crippen LogP contribution in [-0.2, 0) is 0 Å². The Bertz CT molecular complexity index is 563. The van der Waals surface area contributed by atoms with E-state index < -0.39 is 0 Å². The highest BCUT2D eigenvalue weighted by Crippen LogP contribution is 2.24. The molecule has 0 fully saturated rings. The van der Waals surface area contributed by atoms with Gasteiger partial charge >= 0.3 is 0 Å². The first-order valence-electron chi connectivity index (χ1n) is 7.61. The van der Waals surface area contributed by atoms with Gasteiger partial charge in [-0.2, -0.15) is 0 Å². The molecule has 0 amide bonds. The molecule has 0 saturated carbocycles. The van der Waals surface area contributed by atoms with Crippen molar-refractivity contribution in [3.63, 3.8) is 0 Å². The van der Waals surface area contributed by atoms with Crippen molar-refractivity contribution in [1.82, 2.24) is 10.3 Å². The Morgan fingerprint density at radius 1 is 1.19 bits per heavy atom. The lowest BCUT2D eigenvalue weighted by Gasteiger charge is -2.20. The van der Waals surface area contributed by atoms with Crippen LogP contribution in [0.3, 0.4) is 0 Å². The average molecular weight is 283 g/mol. The monoisotopic (exact) mass is 283 g/mol. The normalized spacial score (nSPS) is 12.2. The fourth-order valence-electron chi connectivity index (χ4n) is 2.30. The molecule has 1 unspecified atom stereocenters. The Kier molecular flexibility index (Phi) is 5.34. The average Bonchev–Trinajstić information content (AvgIpc) is 2.52. The molecule has 0 aliphatic heterocycles. The van der Waals surface area contributed by atoms with Crippen molar-refractivity contribution in [2.45, 2.75) is 33.2 Å². The molecule has 1 N–H and O–H groups in total. The van der Waals surface area contributed by atoms with Gasteiger partial charge in [-0.25, -0.2) is 0 Å². The SMILES string of the molecule is CCCNC(C)c1ccc(N(C)c2cccc(C)c2)cn1. The van der Waals surface area contributed by atoms with Gasteiger partial charge in [0.1, 0.15) is 0 Å². The summed E-state index contributed by atoms with van der Waals surface area (Å²) in [5.41, 5.74) is 4.64. The molecular weight excluding hydrogens is 258 g/mol. The predicted octanol–water partition coefficient (Wildman–Crippen LogP) is 4.22. The van der Waals surface area contributed by atoms with E-state index in [-0.39, 0.29) is 0 Å². The summed E-state index contributed by atoms with van der Waals surface area (Å²) in [6, 6.07) is 13.0. The first kappa shape index (κ1) is 15.5. The molecule has 1 aromatic carbocycles. The molecule has 112 valence electrons. The standard InChI is InChI=1S/C18H25N3/c1-5-11-19-15(3)18-10-9-17(13-20-18)21(4)16-8-6-7-14(2)12-16/h6-10,12-13,15,19H,5,11H2,1-4H3. The van der Waals surface area contributed by atoms with Crippen molar-refractivity contribution in [1.29, 1.82) is 0 Å². The highest BCUT2D eigenvalue weighted by atomic mass is 15.1. The molecule has 1 aromatic heterocycles. The van der Waals surface area contributed by atoms with Crippen molar-refractivity contribution in [3.05, 3.63) is 53.9 Å². The molecule has 0 spiro atoms. The maximum absolute atomic E-state index is 4.60. The number of nitrogens with zero attached hydrogens (tertiary/aromatic N) is 2. The number of pyridine rings is 1. The van der Waals surface area contributed by atoms with Gasteiger partial charge in [-0.3, -0.25) is 4.98 Å². The Labute approximate surface area is 128 Å².